The fraction of sp³-hybridized carbons (Fsp3) is 0.0536. The van der Waals surface area contributed by atoms with Crippen molar-refractivity contribution in [3.8, 4) is 51.0 Å². The van der Waals surface area contributed by atoms with Crippen molar-refractivity contribution in [2.45, 2.75) is 19.3 Å². The van der Waals surface area contributed by atoms with Crippen LogP contribution in [0.2, 0.25) is 0 Å². The number of rotatable bonds is 4. The minimum absolute atomic E-state index is 0.140. The summed E-state index contributed by atoms with van der Waals surface area (Å²) < 4.78 is 8.69. The van der Waals surface area contributed by atoms with Crippen LogP contribution in [0.1, 0.15) is 25.0 Å². The Kier molecular flexibility index (Phi) is 7.00. The molecule has 9 aromatic carbocycles. The van der Waals surface area contributed by atoms with Gasteiger partial charge in [0.15, 0.2) is 11.6 Å². The minimum Gasteiger partial charge on any atom is -0.456 e. The van der Waals surface area contributed by atoms with Gasteiger partial charge in [-0.25, -0.2) is 4.98 Å². The van der Waals surface area contributed by atoms with E-state index in [0.29, 0.717) is 17.6 Å². The molecule has 0 saturated carbocycles. The number of hydrogen-bond acceptors (Lipinski definition) is 4. The third-order valence-corrected chi connectivity index (χ3v) is 13.0. The molecule has 1 aliphatic carbocycles. The van der Waals surface area contributed by atoms with E-state index in [-0.39, 0.29) is 5.41 Å². The number of para-hydroxylation sites is 2. The van der Waals surface area contributed by atoms with Crippen molar-refractivity contribution < 1.29 is 4.42 Å². The lowest BCUT2D eigenvalue weighted by Gasteiger charge is -2.21. The largest absolute Gasteiger partial charge is 0.456 e. The van der Waals surface area contributed by atoms with Crippen LogP contribution in [0.4, 0.5) is 0 Å². The molecule has 0 radical (unpaired) electrons. The lowest BCUT2D eigenvalue weighted by atomic mass is 9.82. The second-order valence-corrected chi connectivity index (χ2v) is 16.8. The summed E-state index contributed by atoms with van der Waals surface area (Å²) in [7, 11) is 0. The maximum Gasteiger partial charge on any atom is 0.238 e. The molecule has 0 unspecified atom stereocenters. The molecule has 1 aliphatic rings. The van der Waals surface area contributed by atoms with Gasteiger partial charge in [-0.2, -0.15) is 9.97 Å². The Labute approximate surface area is 351 Å². The normalized spacial score (nSPS) is 13.2. The van der Waals surface area contributed by atoms with Crippen molar-refractivity contribution >= 4 is 65.3 Å². The van der Waals surface area contributed by atoms with E-state index in [4.69, 9.17) is 19.4 Å². The fourth-order valence-corrected chi connectivity index (χ4v) is 10.1. The second kappa shape index (κ2) is 12.6. The molecular formula is C56H36N4O. The number of fused-ring (bicyclic) bond motifs is 11. The highest BCUT2D eigenvalue weighted by atomic mass is 16.3. The molecule has 5 heteroatoms. The van der Waals surface area contributed by atoms with E-state index in [2.05, 4.69) is 182 Å². The van der Waals surface area contributed by atoms with E-state index >= 15 is 0 Å². The Hall–Kier alpha value is -7.89. The predicted molar refractivity (Wildman–Crippen MR) is 250 cm³/mol. The van der Waals surface area contributed by atoms with Crippen molar-refractivity contribution in [2.75, 3.05) is 0 Å². The molecule has 61 heavy (non-hydrogen) atoms. The molecular weight excluding hydrogens is 745 g/mol. The molecule has 0 bridgehead atoms. The molecule has 0 N–H and O–H groups in total. The van der Waals surface area contributed by atoms with E-state index in [9.17, 15) is 0 Å². The lowest BCUT2D eigenvalue weighted by Crippen LogP contribution is -2.14. The van der Waals surface area contributed by atoms with Gasteiger partial charge in [-0.15, -0.1) is 0 Å². The standard InChI is InChI=1S/C56H36N4O/c1-56(2)46-22-9-7-18-44(46)51-41(19-12-23-47(51)56)42-20-11-21-43-45-30-35-15-5-6-16-36(35)31-48(45)60(52(42)43)55-58-53(37-26-25-33-13-3-4-14-34(33)29-37)57-54(59-55)38-27-28-40-39-17-8-10-24-49(39)61-50(40)32-38/h3-32H,1-2H3. The van der Waals surface area contributed by atoms with Crippen LogP contribution in [0, 0.1) is 0 Å². The van der Waals surface area contributed by atoms with Crippen LogP contribution >= 0.6 is 0 Å². The zero-order chi connectivity index (χ0) is 40.4. The van der Waals surface area contributed by atoms with Crippen molar-refractivity contribution in [3.05, 3.63) is 193 Å². The molecule has 3 heterocycles. The van der Waals surface area contributed by atoms with Crippen LogP contribution in [0.25, 0.3) is 116 Å². The molecule has 0 spiro atoms. The summed E-state index contributed by atoms with van der Waals surface area (Å²) >= 11 is 0. The quantitative estimate of drug-likeness (QED) is 0.178. The summed E-state index contributed by atoms with van der Waals surface area (Å²) in [6.45, 7) is 4.68. The van der Waals surface area contributed by atoms with Gasteiger partial charge in [0.25, 0.3) is 0 Å². The Morgan fingerprint density at radius 1 is 0.426 bits per heavy atom. The van der Waals surface area contributed by atoms with E-state index in [1.54, 1.807) is 0 Å². The Balaban J connectivity index is 1.14. The third kappa shape index (κ3) is 4.98. The highest BCUT2D eigenvalue weighted by molar-refractivity contribution is 6.17. The average Bonchev–Trinajstić information content (AvgIpc) is 3.92. The van der Waals surface area contributed by atoms with Crippen molar-refractivity contribution in [2.24, 2.45) is 0 Å². The van der Waals surface area contributed by atoms with E-state index in [1.165, 1.54) is 33.2 Å². The van der Waals surface area contributed by atoms with Gasteiger partial charge in [0, 0.05) is 43.7 Å². The first kappa shape index (κ1) is 34.0. The van der Waals surface area contributed by atoms with Gasteiger partial charge in [0.05, 0.1) is 11.0 Å². The maximum atomic E-state index is 6.40. The van der Waals surface area contributed by atoms with Gasteiger partial charge >= 0.3 is 0 Å². The van der Waals surface area contributed by atoms with Gasteiger partial charge in [0.1, 0.15) is 11.2 Å². The minimum atomic E-state index is -0.140. The zero-order valence-corrected chi connectivity index (χ0v) is 33.5. The fourth-order valence-electron chi connectivity index (χ4n) is 10.1. The zero-order valence-electron chi connectivity index (χ0n) is 33.5. The molecule has 0 amide bonds. The first-order chi connectivity index (χ1) is 30.0. The summed E-state index contributed by atoms with van der Waals surface area (Å²) in [5.41, 5.74) is 12.9. The van der Waals surface area contributed by atoms with Gasteiger partial charge in [-0.1, -0.05) is 159 Å². The Morgan fingerprint density at radius 2 is 1.03 bits per heavy atom. The summed E-state index contributed by atoms with van der Waals surface area (Å²) in [6, 6.07) is 64.9. The molecule has 0 saturated heterocycles. The molecule has 13 rings (SSSR count). The molecule has 3 aromatic heterocycles. The molecule has 0 aliphatic heterocycles. The third-order valence-electron chi connectivity index (χ3n) is 13.0. The second-order valence-electron chi connectivity index (χ2n) is 16.8. The number of aromatic nitrogens is 4. The van der Waals surface area contributed by atoms with E-state index in [0.717, 1.165) is 76.6 Å². The van der Waals surface area contributed by atoms with Crippen molar-refractivity contribution in [1.29, 1.82) is 0 Å². The smallest absolute Gasteiger partial charge is 0.238 e. The number of hydrogen-bond donors (Lipinski definition) is 0. The molecule has 0 atom stereocenters. The summed E-state index contributed by atoms with van der Waals surface area (Å²) in [6.07, 6.45) is 0. The van der Waals surface area contributed by atoms with E-state index < -0.39 is 0 Å². The summed E-state index contributed by atoms with van der Waals surface area (Å²) in [5, 5.41) is 9.04. The summed E-state index contributed by atoms with van der Waals surface area (Å²) in [4.78, 5) is 16.1. The number of nitrogens with zero attached hydrogens (tertiary/aromatic N) is 4. The van der Waals surface area contributed by atoms with Crippen LogP contribution in [0.15, 0.2) is 186 Å². The molecule has 0 fully saturated rings. The molecule has 286 valence electrons. The SMILES string of the molecule is CC1(C)c2ccccc2-c2c(-c3cccc4c5cc6ccccc6cc5n(-c5nc(-c6ccc7ccccc7c6)nc(-c6ccc7c(c6)oc6ccccc67)n5)c34)cccc21. The Morgan fingerprint density at radius 3 is 1.89 bits per heavy atom. The predicted octanol–water partition coefficient (Wildman–Crippen LogP) is 14.5. The number of benzene rings is 9. The van der Waals surface area contributed by atoms with Crippen LogP contribution < -0.4 is 0 Å². The monoisotopic (exact) mass is 780 g/mol. The van der Waals surface area contributed by atoms with Gasteiger partial charge in [0.2, 0.25) is 5.95 Å². The molecule has 12 aromatic rings. The maximum absolute atomic E-state index is 6.40. The topological polar surface area (TPSA) is 56.7 Å². The first-order valence-corrected chi connectivity index (χ1v) is 20.8. The van der Waals surface area contributed by atoms with Gasteiger partial charge < -0.3 is 4.42 Å². The van der Waals surface area contributed by atoms with E-state index in [1.807, 2.05) is 18.2 Å². The first-order valence-electron chi connectivity index (χ1n) is 20.8. The highest BCUT2D eigenvalue weighted by Crippen LogP contribution is 2.53. The van der Waals surface area contributed by atoms with Crippen LogP contribution in [-0.4, -0.2) is 19.5 Å². The van der Waals surface area contributed by atoms with Crippen LogP contribution in [-0.2, 0) is 5.41 Å². The molecule has 5 nitrogen and oxygen atoms in total. The van der Waals surface area contributed by atoms with Crippen LogP contribution in [0.5, 0.6) is 0 Å². The summed E-state index contributed by atoms with van der Waals surface area (Å²) in [5.74, 6) is 1.72. The average molecular weight is 781 g/mol. The van der Waals surface area contributed by atoms with Crippen LogP contribution in [0.3, 0.4) is 0 Å². The van der Waals surface area contributed by atoms with Gasteiger partial charge in [-0.05, 0) is 85.8 Å². The van der Waals surface area contributed by atoms with Gasteiger partial charge in [-0.3, -0.25) is 4.57 Å². The van der Waals surface area contributed by atoms with Crippen molar-refractivity contribution in [3.63, 3.8) is 0 Å². The van der Waals surface area contributed by atoms with Crippen molar-refractivity contribution in [1.82, 2.24) is 19.5 Å². The number of furan rings is 1. The highest BCUT2D eigenvalue weighted by Gasteiger charge is 2.37. The lowest BCUT2D eigenvalue weighted by molar-refractivity contribution is 0.660. The Bertz CT molecular complexity index is 3810.